The van der Waals surface area contributed by atoms with Gasteiger partial charge in [-0.3, -0.25) is 9.59 Å². The molecule has 2 aliphatic rings. The first kappa shape index (κ1) is 18.1. The molecule has 0 aliphatic carbocycles. The summed E-state index contributed by atoms with van der Waals surface area (Å²) in [5.41, 5.74) is 10.5. The highest BCUT2D eigenvalue weighted by atomic mass is 16.6. The van der Waals surface area contributed by atoms with Gasteiger partial charge in [0.2, 0.25) is 0 Å². The number of aldehydes is 1. The van der Waals surface area contributed by atoms with Crippen LogP contribution in [0.2, 0.25) is 0 Å². The molecule has 1 unspecified atom stereocenters. The van der Waals surface area contributed by atoms with Gasteiger partial charge in [0.1, 0.15) is 18.9 Å². The lowest BCUT2D eigenvalue weighted by Crippen LogP contribution is -2.32. The quantitative estimate of drug-likeness (QED) is 0.797. The number of hydrogen-bond donors (Lipinski definition) is 2. The zero-order chi connectivity index (χ0) is 19.7. The maximum absolute atomic E-state index is 12.7. The summed E-state index contributed by atoms with van der Waals surface area (Å²) < 4.78 is 5.04. The molecular formula is C21H19N3O4. The summed E-state index contributed by atoms with van der Waals surface area (Å²) in [7, 11) is 0. The number of benzene rings is 2. The summed E-state index contributed by atoms with van der Waals surface area (Å²) in [5, 5.41) is 9.48. The van der Waals surface area contributed by atoms with E-state index in [1.165, 1.54) is 4.90 Å². The Morgan fingerprint density at radius 3 is 2.64 bits per heavy atom. The zero-order valence-electron chi connectivity index (χ0n) is 15.0. The van der Waals surface area contributed by atoms with Gasteiger partial charge < -0.3 is 20.5 Å². The monoisotopic (exact) mass is 377 g/mol. The Morgan fingerprint density at radius 1 is 1.21 bits per heavy atom. The highest BCUT2D eigenvalue weighted by Crippen LogP contribution is 2.32. The molecule has 2 aromatic carbocycles. The molecule has 2 aliphatic heterocycles. The molecule has 142 valence electrons. The minimum absolute atomic E-state index is 0.0525. The molecular weight excluding hydrogens is 358 g/mol. The minimum Gasteiger partial charge on any atom is -0.387 e. The fraction of sp³-hybridized carbons (Fsp3) is 0.190. The zero-order valence-corrected chi connectivity index (χ0v) is 15.0. The number of fused-ring (bicyclic) bond motifs is 1. The number of aliphatic hydroxyl groups is 1. The van der Waals surface area contributed by atoms with Crippen LogP contribution in [0.5, 0.6) is 0 Å². The Balaban J connectivity index is 1.67. The van der Waals surface area contributed by atoms with E-state index < -0.39 is 6.29 Å². The van der Waals surface area contributed by atoms with E-state index in [0.717, 1.165) is 23.0 Å². The Kier molecular flexibility index (Phi) is 4.77. The minimum atomic E-state index is -0.957. The molecule has 0 saturated carbocycles. The molecule has 0 radical (unpaired) electrons. The second kappa shape index (κ2) is 7.38. The van der Waals surface area contributed by atoms with Crippen molar-refractivity contribution in [1.29, 1.82) is 0 Å². The van der Waals surface area contributed by atoms with Gasteiger partial charge in [-0.05, 0) is 23.3 Å². The van der Waals surface area contributed by atoms with E-state index in [4.69, 9.17) is 10.5 Å². The van der Waals surface area contributed by atoms with Gasteiger partial charge in [-0.1, -0.05) is 36.4 Å². The summed E-state index contributed by atoms with van der Waals surface area (Å²) in [6, 6.07) is 13.0. The van der Waals surface area contributed by atoms with Crippen LogP contribution in [0.25, 0.3) is 17.2 Å². The van der Waals surface area contributed by atoms with Gasteiger partial charge in [0, 0.05) is 23.1 Å². The van der Waals surface area contributed by atoms with Gasteiger partial charge in [-0.15, -0.1) is 0 Å². The van der Waals surface area contributed by atoms with Crippen molar-refractivity contribution in [1.82, 2.24) is 4.90 Å². The summed E-state index contributed by atoms with van der Waals surface area (Å²) >= 11 is 0. The molecule has 0 spiro atoms. The molecule has 7 heteroatoms. The van der Waals surface area contributed by atoms with E-state index in [9.17, 15) is 14.7 Å². The van der Waals surface area contributed by atoms with Crippen molar-refractivity contribution < 1.29 is 19.4 Å². The Labute approximate surface area is 161 Å². The van der Waals surface area contributed by atoms with Crippen LogP contribution in [0.15, 0.2) is 53.0 Å². The van der Waals surface area contributed by atoms with Crippen molar-refractivity contribution in [3.05, 3.63) is 59.2 Å². The van der Waals surface area contributed by atoms with Crippen LogP contribution in [0.1, 0.15) is 22.3 Å². The first-order chi connectivity index (χ1) is 13.5. The fourth-order valence-electron chi connectivity index (χ4n) is 3.28. The average molecular weight is 377 g/mol. The van der Waals surface area contributed by atoms with Crippen LogP contribution in [0.3, 0.4) is 0 Å². The van der Waals surface area contributed by atoms with E-state index in [1.807, 2.05) is 30.3 Å². The van der Waals surface area contributed by atoms with E-state index in [2.05, 4.69) is 4.99 Å². The van der Waals surface area contributed by atoms with Crippen LogP contribution in [0, 0.1) is 0 Å². The van der Waals surface area contributed by atoms with Crippen molar-refractivity contribution in [3.63, 3.8) is 0 Å². The normalized spacial score (nSPS) is 18.8. The third kappa shape index (κ3) is 3.58. The lowest BCUT2D eigenvalue weighted by molar-refractivity contribution is -0.127. The number of aliphatic imine (C=N–C) groups is 1. The SMILES string of the molecule is NC1=Nc2cc(-c3ccc(C=O)cc3)ccc2C=C(C(=O)N2COC(O)C2)C1. The lowest BCUT2D eigenvalue weighted by Gasteiger charge is -2.15. The molecule has 1 amide bonds. The molecule has 1 saturated heterocycles. The first-order valence-corrected chi connectivity index (χ1v) is 8.86. The highest BCUT2D eigenvalue weighted by Gasteiger charge is 2.28. The third-order valence-corrected chi connectivity index (χ3v) is 4.74. The smallest absolute Gasteiger partial charge is 0.252 e. The summed E-state index contributed by atoms with van der Waals surface area (Å²) in [6.07, 6.45) is 1.86. The lowest BCUT2D eigenvalue weighted by atomic mass is 10.00. The summed E-state index contributed by atoms with van der Waals surface area (Å²) in [4.78, 5) is 29.5. The number of aliphatic hydroxyl groups excluding tert-OH is 1. The van der Waals surface area contributed by atoms with Gasteiger partial charge in [-0.2, -0.15) is 0 Å². The van der Waals surface area contributed by atoms with Crippen LogP contribution in [-0.4, -0.2) is 47.6 Å². The predicted molar refractivity (Wildman–Crippen MR) is 105 cm³/mol. The Morgan fingerprint density at radius 2 is 1.96 bits per heavy atom. The molecule has 0 bridgehead atoms. The molecule has 1 fully saturated rings. The molecule has 0 aromatic heterocycles. The molecule has 28 heavy (non-hydrogen) atoms. The number of rotatable bonds is 3. The maximum atomic E-state index is 12.7. The van der Waals surface area contributed by atoms with Gasteiger partial charge in [0.15, 0.2) is 6.29 Å². The van der Waals surface area contributed by atoms with Crippen LogP contribution in [-0.2, 0) is 9.53 Å². The topological polar surface area (TPSA) is 105 Å². The molecule has 2 heterocycles. The predicted octanol–water partition coefficient (Wildman–Crippen LogP) is 2.08. The van der Waals surface area contributed by atoms with E-state index in [-0.39, 0.29) is 25.6 Å². The Bertz CT molecular complexity index is 995. The third-order valence-electron chi connectivity index (χ3n) is 4.74. The molecule has 3 N–H and O–H groups in total. The second-order valence-electron chi connectivity index (χ2n) is 6.74. The van der Waals surface area contributed by atoms with Crippen molar-refractivity contribution in [2.45, 2.75) is 12.7 Å². The van der Waals surface area contributed by atoms with E-state index in [0.29, 0.717) is 22.7 Å². The standard InChI is InChI=1S/C21H19N3O4/c22-19-9-17(21(27)24-10-20(26)28-12-24)7-16-6-5-15(8-18(16)23-19)14-3-1-13(11-25)2-4-14/h1-8,11,20,26H,9-10,12H2,(H2,22,23). The van der Waals surface area contributed by atoms with Crippen LogP contribution < -0.4 is 5.73 Å². The average Bonchev–Trinajstić information content (AvgIpc) is 3.06. The number of carbonyl (C=O) groups is 2. The van der Waals surface area contributed by atoms with Gasteiger partial charge in [0.05, 0.1) is 12.2 Å². The summed E-state index contributed by atoms with van der Waals surface area (Å²) in [6.45, 7) is 0.187. The van der Waals surface area contributed by atoms with E-state index in [1.54, 1.807) is 18.2 Å². The Hall–Kier alpha value is -3.29. The van der Waals surface area contributed by atoms with Crippen molar-refractivity contribution >= 4 is 29.8 Å². The van der Waals surface area contributed by atoms with Gasteiger partial charge in [-0.25, -0.2) is 4.99 Å². The first-order valence-electron chi connectivity index (χ1n) is 8.86. The number of carbonyl (C=O) groups excluding carboxylic acids is 2. The number of β-amino-alcohol motifs (C(OH)–C–C–N with tert-alkyl or cyclic N) is 1. The number of nitrogens with two attached hydrogens (primary N) is 1. The maximum Gasteiger partial charge on any atom is 0.252 e. The van der Waals surface area contributed by atoms with Crippen LogP contribution >= 0.6 is 0 Å². The van der Waals surface area contributed by atoms with Gasteiger partial charge >= 0.3 is 0 Å². The van der Waals surface area contributed by atoms with E-state index >= 15 is 0 Å². The largest absolute Gasteiger partial charge is 0.387 e. The van der Waals surface area contributed by atoms with Crippen molar-refractivity contribution in [2.75, 3.05) is 13.3 Å². The second-order valence-corrected chi connectivity index (χ2v) is 6.74. The highest BCUT2D eigenvalue weighted by molar-refractivity contribution is 6.05. The molecule has 4 rings (SSSR count). The van der Waals surface area contributed by atoms with Gasteiger partial charge in [0.25, 0.3) is 5.91 Å². The number of hydrogen-bond acceptors (Lipinski definition) is 6. The van der Waals surface area contributed by atoms with Crippen molar-refractivity contribution in [3.8, 4) is 11.1 Å². The molecule has 1 atom stereocenters. The van der Waals surface area contributed by atoms with Crippen molar-refractivity contribution in [2.24, 2.45) is 10.7 Å². The number of ether oxygens (including phenoxy) is 1. The number of amides is 1. The van der Waals surface area contributed by atoms with Crippen LogP contribution in [0.4, 0.5) is 5.69 Å². The number of nitrogens with zero attached hydrogens (tertiary/aromatic N) is 2. The molecule has 7 nitrogen and oxygen atoms in total. The fourth-order valence-corrected chi connectivity index (χ4v) is 3.28. The number of amidine groups is 1. The summed E-state index contributed by atoms with van der Waals surface area (Å²) in [5.74, 6) is 0.114. The molecule has 2 aromatic rings.